The van der Waals surface area contributed by atoms with Crippen molar-refractivity contribution in [1.82, 2.24) is 9.62 Å². The van der Waals surface area contributed by atoms with Crippen LogP contribution in [0.2, 0.25) is 0 Å². The van der Waals surface area contributed by atoms with Crippen molar-refractivity contribution in [2.45, 2.75) is 75.2 Å². The van der Waals surface area contributed by atoms with Crippen LogP contribution in [0.4, 0.5) is 0 Å². The number of hydrogen-bond acceptors (Lipinski definition) is 4. The monoisotopic (exact) mass is 370 g/mol. The number of likely N-dealkylation sites (tertiary alicyclic amines) is 1. The summed E-state index contributed by atoms with van der Waals surface area (Å²) >= 11 is 0. The second kappa shape index (κ2) is 6.50. The van der Waals surface area contributed by atoms with Gasteiger partial charge in [-0.1, -0.05) is 6.92 Å². The third kappa shape index (κ3) is 3.74. The van der Waals surface area contributed by atoms with Gasteiger partial charge in [0.2, 0.25) is 15.9 Å². The molecule has 2 aliphatic carbocycles. The second-order valence-electron chi connectivity index (χ2n) is 8.68. The van der Waals surface area contributed by atoms with E-state index in [9.17, 15) is 13.2 Å². The van der Waals surface area contributed by atoms with E-state index in [1.165, 1.54) is 0 Å². The lowest BCUT2D eigenvalue weighted by molar-refractivity contribution is -0.151. The molecule has 0 radical (unpaired) electrons. The lowest BCUT2D eigenvalue weighted by atomic mass is 9.74. The molecule has 1 atom stereocenters. The summed E-state index contributed by atoms with van der Waals surface area (Å²) < 4.78 is 33.4. The highest BCUT2D eigenvalue weighted by molar-refractivity contribution is 7.90. The van der Waals surface area contributed by atoms with Gasteiger partial charge in [0.05, 0.1) is 10.9 Å². The maximum Gasteiger partial charge on any atom is 0.225 e. The van der Waals surface area contributed by atoms with E-state index in [2.05, 4.69) is 11.6 Å². The van der Waals surface area contributed by atoms with E-state index >= 15 is 0 Å². The fraction of sp³-hybridized carbons (Fsp3) is 0.944. The van der Waals surface area contributed by atoms with Crippen molar-refractivity contribution < 1.29 is 17.9 Å². The lowest BCUT2D eigenvalue weighted by Gasteiger charge is -2.47. The van der Waals surface area contributed by atoms with E-state index < -0.39 is 10.0 Å². The number of rotatable bonds is 4. The summed E-state index contributed by atoms with van der Waals surface area (Å²) in [5.41, 5.74) is -0.251. The molecule has 0 bridgehead atoms. The molecule has 4 rings (SSSR count). The number of piperidine rings is 1. The number of amides is 1. The highest BCUT2D eigenvalue weighted by Crippen LogP contribution is 2.39. The van der Waals surface area contributed by atoms with Crippen molar-refractivity contribution in [2.24, 2.45) is 11.8 Å². The Morgan fingerprint density at radius 3 is 2.44 bits per heavy atom. The van der Waals surface area contributed by atoms with Crippen molar-refractivity contribution in [2.75, 3.05) is 19.7 Å². The van der Waals surface area contributed by atoms with Crippen molar-refractivity contribution in [3.8, 4) is 0 Å². The smallest absolute Gasteiger partial charge is 0.225 e. The summed E-state index contributed by atoms with van der Waals surface area (Å²) in [7, 11) is -3.15. The first kappa shape index (κ1) is 17.7. The maximum atomic E-state index is 12.5. The molecular weight excluding hydrogens is 340 g/mol. The van der Waals surface area contributed by atoms with Crippen LogP contribution in [0, 0.1) is 11.8 Å². The Balaban J connectivity index is 1.31. The molecule has 4 aliphatic rings. The predicted octanol–water partition coefficient (Wildman–Crippen LogP) is 1.65. The zero-order chi connectivity index (χ0) is 17.7. The predicted molar refractivity (Wildman–Crippen MR) is 94.5 cm³/mol. The van der Waals surface area contributed by atoms with E-state index in [4.69, 9.17) is 4.74 Å². The van der Waals surface area contributed by atoms with Crippen LogP contribution in [0.25, 0.3) is 0 Å². The summed E-state index contributed by atoms with van der Waals surface area (Å²) in [6, 6.07) is -0.0194. The zero-order valence-corrected chi connectivity index (χ0v) is 15.9. The SMILES string of the molecule is CC1CC(C(=O)N2CCC3(CC2)CC(NS(=O)(=O)C2CC2)CCO3)C1. The minimum absolute atomic E-state index is 0.0194. The van der Waals surface area contributed by atoms with Crippen molar-refractivity contribution in [3.05, 3.63) is 0 Å². The zero-order valence-electron chi connectivity index (χ0n) is 15.1. The first-order valence-corrected chi connectivity index (χ1v) is 11.4. The van der Waals surface area contributed by atoms with Crippen molar-refractivity contribution in [3.63, 3.8) is 0 Å². The molecule has 2 aliphatic heterocycles. The molecule has 1 amide bonds. The molecule has 0 aromatic carbocycles. The Morgan fingerprint density at radius 1 is 1.16 bits per heavy atom. The molecular formula is C18H30N2O4S. The maximum absolute atomic E-state index is 12.5. The number of sulfonamides is 1. The van der Waals surface area contributed by atoms with E-state index in [1.807, 2.05) is 4.90 Å². The Morgan fingerprint density at radius 2 is 1.84 bits per heavy atom. The van der Waals surface area contributed by atoms with Crippen LogP contribution in [0.1, 0.15) is 58.3 Å². The van der Waals surface area contributed by atoms with Gasteiger partial charge in [-0.15, -0.1) is 0 Å². The molecule has 142 valence electrons. The fourth-order valence-corrected chi connectivity index (χ4v) is 6.30. The summed E-state index contributed by atoms with van der Waals surface area (Å²) in [5.74, 6) is 1.23. The molecule has 1 unspecified atom stereocenters. The van der Waals surface area contributed by atoms with Crippen molar-refractivity contribution >= 4 is 15.9 Å². The van der Waals surface area contributed by atoms with Crippen LogP contribution in [-0.4, -0.2) is 55.8 Å². The Hall–Kier alpha value is -0.660. The number of carbonyl (C=O) groups excluding carboxylic acids is 1. The molecule has 1 N–H and O–H groups in total. The van der Waals surface area contributed by atoms with E-state index in [0.717, 1.165) is 64.5 Å². The first-order valence-electron chi connectivity index (χ1n) is 9.81. The molecule has 7 heteroatoms. The second-order valence-corrected chi connectivity index (χ2v) is 10.7. The molecule has 4 fully saturated rings. The van der Waals surface area contributed by atoms with Gasteiger partial charge in [0.15, 0.2) is 0 Å². The van der Waals surface area contributed by atoms with Gasteiger partial charge in [-0.3, -0.25) is 4.79 Å². The Kier molecular flexibility index (Phi) is 4.61. The van der Waals surface area contributed by atoms with E-state index in [1.54, 1.807) is 0 Å². The average molecular weight is 371 g/mol. The highest BCUT2D eigenvalue weighted by atomic mass is 32.2. The number of carbonyl (C=O) groups is 1. The van der Waals surface area contributed by atoms with Gasteiger partial charge in [0, 0.05) is 31.7 Å². The van der Waals surface area contributed by atoms with Gasteiger partial charge in [-0.2, -0.15) is 0 Å². The third-order valence-corrected chi connectivity index (χ3v) is 8.51. The molecule has 2 saturated heterocycles. The van der Waals surface area contributed by atoms with Crippen LogP contribution in [0.3, 0.4) is 0 Å². The normalized spacial score (nSPS) is 35.4. The molecule has 1 spiro atoms. The summed E-state index contributed by atoms with van der Waals surface area (Å²) in [5, 5.41) is -0.171. The van der Waals surface area contributed by atoms with Gasteiger partial charge in [0.1, 0.15) is 0 Å². The summed E-state index contributed by atoms with van der Waals surface area (Å²) in [6.07, 6.45) is 6.77. The summed E-state index contributed by atoms with van der Waals surface area (Å²) in [4.78, 5) is 14.5. The molecule has 0 aromatic heterocycles. The van der Waals surface area contributed by atoms with Gasteiger partial charge >= 0.3 is 0 Å². The molecule has 0 aromatic rings. The van der Waals surface area contributed by atoms with E-state index in [-0.39, 0.29) is 22.8 Å². The number of nitrogens with zero attached hydrogens (tertiary/aromatic N) is 1. The van der Waals surface area contributed by atoms with E-state index in [0.29, 0.717) is 18.4 Å². The highest BCUT2D eigenvalue weighted by Gasteiger charge is 2.45. The average Bonchev–Trinajstić information content (AvgIpc) is 3.37. The van der Waals surface area contributed by atoms with Crippen LogP contribution in [0.5, 0.6) is 0 Å². The fourth-order valence-electron chi connectivity index (χ4n) is 4.68. The largest absolute Gasteiger partial charge is 0.375 e. The van der Waals surface area contributed by atoms with Gasteiger partial charge in [0.25, 0.3) is 0 Å². The summed E-state index contributed by atoms with van der Waals surface area (Å²) in [6.45, 7) is 4.29. The van der Waals surface area contributed by atoms with Crippen LogP contribution < -0.4 is 4.72 Å². The quantitative estimate of drug-likeness (QED) is 0.816. The molecule has 2 saturated carbocycles. The van der Waals surface area contributed by atoms with Gasteiger partial charge < -0.3 is 9.64 Å². The molecule has 25 heavy (non-hydrogen) atoms. The topological polar surface area (TPSA) is 75.7 Å². The van der Waals surface area contributed by atoms with Gasteiger partial charge in [-0.25, -0.2) is 13.1 Å². The third-order valence-electron chi connectivity index (χ3n) is 6.50. The minimum Gasteiger partial charge on any atom is -0.375 e. The Labute approximate surface area is 150 Å². The lowest BCUT2D eigenvalue weighted by Crippen LogP contribution is -2.55. The minimum atomic E-state index is -3.15. The standard InChI is InChI=1S/C18H30N2O4S/c1-13-10-14(11-13)17(21)20-7-5-18(6-8-20)12-15(4-9-24-18)19-25(22,23)16-2-3-16/h13-16,19H,2-12H2,1H3. The number of ether oxygens (including phenoxy) is 1. The molecule has 2 heterocycles. The van der Waals surface area contributed by atoms with Gasteiger partial charge in [-0.05, 0) is 57.3 Å². The number of nitrogens with one attached hydrogen (secondary N) is 1. The van der Waals surface area contributed by atoms with Crippen LogP contribution in [0.15, 0.2) is 0 Å². The van der Waals surface area contributed by atoms with Crippen LogP contribution in [-0.2, 0) is 19.6 Å². The van der Waals surface area contributed by atoms with Crippen molar-refractivity contribution in [1.29, 1.82) is 0 Å². The number of hydrogen-bond donors (Lipinski definition) is 1. The molecule has 6 nitrogen and oxygen atoms in total. The Bertz CT molecular complexity index is 617. The first-order chi connectivity index (χ1) is 11.9. The van der Waals surface area contributed by atoms with Crippen LogP contribution >= 0.6 is 0 Å².